The molecule has 2 aromatic rings. The number of thiophene rings is 1. The number of rotatable bonds is 3. The van der Waals surface area contributed by atoms with E-state index in [0.29, 0.717) is 17.1 Å². The second-order valence-corrected chi connectivity index (χ2v) is 7.01. The molecule has 1 aromatic heterocycles. The molecule has 3 rings (SSSR count). The predicted octanol–water partition coefficient (Wildman–Crippen LogP) is 3.38. The van der Waals surface area contributed by atoms with Crippen molar-refractivity contribution in [1.82, 2.24) is 0 Å². The van der Waals surface area contributed by atoms with E-state index in [1.807, 2.05) is 17.8 Å². The highest BCUT2D eigenvalue weighted by atomic mass is 32.2. The number of methoxy groups -OCH3 is 1. The Morgan fingerprint density at radius 3 is 3.00 bits per heavy atom. The van der Waals surface area contributed by atoms with Gasteiger partial charge in [0.1, 0.15) is 5.75 Å². The van der Waals surface area contributed by atoms with Crippen molar-refractivity contribution in [2.75, 3.05) is 23.9 Å². The van der Waals surface area contributed by atoms with Crippen molar-refractivity contribution >= 4 is 40.4 Å². The van der Waals surface area contributed by atoms with Gasteiger partial charge in [-0.2, -0.15) is 11.8 Å². The number of thioether (sulfide) groups is 1. The van der Waals surface area contributed by atoms with Crippen molar-refractivity contribution < 1.29 is 9.53 Å². The topological polar surface area (TPSA) is 64.3 Å². The lowest BCUT2D eigenvalue weighted by Crippen LogP contribution is -2.11. The molecule has 0 spiro atoms. The number of amides is 1. The standard InChI is InChI=1S/C15H16N2O2S2/c1-19-10-2-3-11(16)12(7-10)17-15(18)14-6-9-8-20-5-4-13(9)21-14/h2-3,6-7H,4-5,8,16H2,1H3,(H,17,18). The number of nitrogen functional groups attached to an aromatic ring is 1. The summed E-state index contributed by atoms with van der Waals surface area (Å²) in [7, 11) is 1.59. The number of benzene rings is 1. The molecule has 1 aromatic carbocycles. The van der Waals surface area contributed by atoms with Crippen molar-refractivity contribution in [2.45, 2.75) is 12.2 Å². The van der Waals surface area contributed by atoms with Gasteiger partial charge in [-0.1, -0.05) is 0 Å². The first kappa shape index (κ1) is 14.3. The molecule has 0 aliphatic carbocycles. The molecule has 0 fully saturated rings. The maximum atomic E-state index is 12.4. The Hall–Kier alpha value is -1.66. The zero-order valence-electron chi connectivity index (χ0n) is 11.6. The molecule has 6 heteroatoms. The Bertz CT molecular complexity index is 659. The number of carbonyl (C=O) groups is 1. The van der Waals surface area contributed by atoms with Crippen LogP contribution in [0, 0.1) is 0 Å². The fourth-order valence-corrected chi connectivity index (χ4v) is 4.48. The minimum absolute atomic E-state index is 0.112. The van der Waals surface area contributed by atoms with E-state index in [0.717, 1.165) is 22.8 Å². The van der Waals surface area contributed by atoms with E-state index in [9.17, 15) is 4.79 Å². The Kier molecular flexibility index (Phi) is 4.07. The van der Waals surface area contributed by atoms with E-state index < -0.39 is 0 Å². The molecule has 0 atom stereocenters. The number of aryl methyl sites for hydroxylation is 1. The van der Waals surface area contributed by atoms with Crippen LogP contribution < -0.4 is 15.8 Å². The maximum absolute atomic E-state index is 12.4. The molecule has 3 N–H and O–H groups in total. The highest BCUT2D eigenvalue weighted by Crippen LogP contribution is 2.32. The van der Waals surface area contributed by atoms with Crippen LogP contribution in [0.4, 0.5) is 11.4 Å². The molecular weight excluding hydrogens is 304 g/mol. The van der Waals surface area contributed by atoms with Gasteiger partial charge in [-0.15, -0.1) is 11.3 Å². The third-order valence-corrected chi connectivity index (χ3v) is 5.60. The van der Waals surface area contributed by atoms with Crippen molar-refractivity contribution in [2.24, 2.45) is 0 Å². The molecular formula is C15H16N2O2S2. The number of carbonyl (C=O) groups excluding carboxylic acids is 1. The summed E-state index contributed by atoms with van der Waals surface area (Å²) in [4.78, 5) is 14.5. The van der Waals surface area contributed by atoms with Gasteiger partial charge in [-0.3, -0.25) is 4.79 Å². The number of nitrogens with one attached hydrogen (secondary N) is 1. The van der Waals surface area contributed by atoms with Crippen LogP contribution in [0.25, 0.3) is 0 Å². The molecule has 1 aliphatic heterocycles. The van der Waals surface area contributed by atoms with E-state index in [2.05, 4.69) is 5.32 Å². The fourth-order valence-electron chi connectivity index (χ4n) is 2.21. The van der Waals surface area contributed by atoms with Gasteiger partial charge in [-0.05, 0) is 35.9 Å². The zero-order valence-corrected chi connectivity index (χ0v) is 13.3. The molecule has 0 saturated heterocycles. The number of anilines is 2. The number of ether oxygens (including phenoxy) is 1. The first-order chi connectivity index (χ1) is 10.2. The predicted molar refractivity (Wildman–Crippen MR) is 89.5 cm³/mol. The molecule has 0 saturated carbocycles. The zero-order chi connectivity index (χ0) is 14.8. The third-order valence-electron chi connectivity index (χ3n) is 3.36. The number of hydrogen-bond donors (Lipinski definition) is 2. The lowest BCUT2D eigenvalue weighted by molar-refractivity contribution is 0.103. The molecule has 0 unspecified atom stereocenters. The van der Waals surface area contributed by atoms with Crippen molar-refractivity contribution in [3.63, 3.8) is 0 Å². The first-order valence-electron chi connectivity index (χ1n) is 6.61. The van der Waals surface area contributed by atoms with Gasteiger partial charge < -0.3 is 15.8 Å². The van der Waals surface area contributed by atoms with Gasteiger partial charge in [0.05, 0.1) is 23.4 Å². The number of nitrogens with two attached hydrogens (primary N) is 1. The van der Waals surface area contributed by atoms with Crippen LogP contribution in [-0.2, 0) is 12.2 Å². The minimum Gasteiger partial charge on any atom is -0.497 e. The van der Waals surface area contributed by atoms with Gasteiger partial charge in [0, 0.05) is 16.7 Å². The molecule has 110 valence electrons. The Morgan fingerprint density at radius 1 is 1.38 bits per heavy atom. The van der Waals surface area contributed by atoms with Crippen LogP contribution >= 0.6 is 23.1 Å². The van der Waals surface area contributed by atoms with Crippen LogP contribution in [0.5, 0.6) is 5.75 Å². The average Bonchev–Trinajstić information content (AvgIpc) is 2.93. The summed E-state index contributed by atoms with van der Waals surface area (Å²) in [5.74, 6) is 2.69. The molecule has 4 nitrogen and oxygen atoms in total. The SMILES string of the molecule is COc1ccc(N)c(NC(=O)c2cc3c(s2)CCSC3)c1. The smallest absolute Gasteiger partial charge is 0.265 e. The summed E-state index contributed by atoms with van der Waals surface area (Å²) >= 11 is 3.49. The van der Waals surface area contributed by atoms with Gasteiger partial charge in [0.15, 0.2) is 0 Å². The lowest BCUT2D eigenvalue weighted by Gasteiger charge is -2.09. The lowest BCUT2D eigenvalue weighted by atomic mass is 10.2. The summed E-state index contributed by atoms with van der Waals surface area (Å²) in [6.07, 6.45) is 1.05. The monoisotopic (exact) mass is 320 g/mol. The van der Waals surface area contributed by atoms with E-state index in [1.54, 1.807) is 36.6 Å². The maximum Gasteiger partial charge on any atom is 0.265 e. The van der Waals surface area contributed by atoms with Gasteiger partial charge in [0.25, 0.3) is 5.91 Å². The van der Waals surface area contributed by atoms with E-state index in [1.165, 1.54) is 10.4 Å². The Balaban J connectivity index is 1.81. The van der Waals surface area contributed by atoms with Crippen LogP contribution in [0.2, 0.25) is 0 Å². The van der Waals surface area contributed by atoms with Gasteiger partial charge in [-0.25, -0.2) is 0 Å². The van der Waals surface area contributed by atoms with Crippen molar-refractivity contribution in [3.05, 3.63) is 39.6 Å². The minimum atomic E-state index is -0.112. The van der Waals surface area contributed by atoms with Gasteiger partial charge in [0.2, 0.25) is 0 Å². The second kappa shape index (κ2) is 5.99. The fraction of sp³-hybridized carbons (Fsp3) is 0.267. The number of hydrogen-bond acceptors (Lipinski definition) is 5. The summed E-state index contributed by atoms with van der Waals surface area (Å²) in [5.41, 5.74) is 8.30. The molecule has 1 amide bonds. The average molecular weight is 320 g/mol. The highest BCUT2D eigenvalue weighted by Gasteiger charge is 2.18. The van der Waals surface area contributed by atoms with Crippen molar-refractivity contribution in [3.8, 4) is 5.75 Å². The summed E-state index contributed by atoms with van der Waals surface area (Å²) < 4.78 is 5.16. The molecule has 2 heterocycles. The third kappa shape index (κ3) is 3.01. The normalized spacial score (nSPS) is 13.6. The molecule has 0 bridgehead atoms. The number of fused-ring (bicyclic) bond motifs is 1. The Labute approximate surface area is 131 Å². The molecule has 21 heavy (non-hydrogen) atoms. The van der Waals surface area contributed by atoms with E-state index >= 15 is 0 Å². The molecule has 1 aliphatic rings. The Morgan fingerprint density at radius 2 is 2.24 bits per heavy atom. The summed E-state index contributed by atoms with van der Waals surface area (Å²) in [6, 6.07) is 7.23. The van der Waals surface area contributed by atoms with E-state index in [-0.39, 0.29) is 5.91 Å². The first-order valence-corrected chi connectivity index (χ1v) is 8.58. The summed E-state index contributed by atoms with van der Waals surface area (Å²) in [5, 5.41) is 2.87. The largest absolute Gasteiger partial charge is 0.497 e. The van der Waals surface area contributed by atoms with Crippen molar-refractivity contribution in [1.29, 1.82) is 0 Å². The molecule has 0 radical (unpaired) electrons. The van der Waals surface area contributed by atoms with Gasteiger partial charge >= 0.3 is 0 Å². The second-order valence-electron chi connectivity index (χ2n) is 4.77. The van der Waals surface area contributed by atoms with Crippen LogP contribution in [0.1, 0.15) is 20.1 Å². The van der Waals surface area contributed by atoms with Crippen LogP contribution in [0.15, 0.2) is 24.3 Å². The quantitative estimate of drug-likeness (QED) is 0.851. The van der Waals surface area contributed by atoms with Crippen LogP contribution in [-0.4, -0.2) is 18.8 Å². The summed E-state index contributed by atoms with van der Waals surface area (Å²) in [6.45, 7) is 0. The van der Waals surface area contributed by atoms with Crippen LogP contribution in [0.3, 0.4) is 0 Å². The van der Waals surface area contributed by atoms with E-state index in [4.69, 9.17) is 10.5 Å². The highest BCUT2D eigenvalue weighted by molar-refractivity contribution is 7.98.